The number of hydrogen-bond donors (Lipinski definition) is 1. The zero-order valence-electron chi connectivity index (χ0n) is 8.46. The Hall–Kier alpha value is -1.76. The summed E-state index contributed by atoms with van der Waals surface area (Å²) in [4.78, 5) is 0. The maximum atomic E-state index is 3.78. The molecule has 0 aromatic heterocycles. The first-order chi connectivity index (χ1) is 6.81. The molecular formula is C13H15N. The second-order valence-electron chi connectivity index (χ2n) is 2.89. The van der Waals surface area contributed by atoms with E-state index >= 15 is 0 Å². The second-order valence-corrected chi connectivity index (χ2v) is 2.89. The third-order valence-electron chi connectivity index (χ3n) is 2.00. The van der Waals surface area contributed by atoms with Crippen LogP contribution in [0.15, 0.2) is 55.7 Å². The number of anilines is 1. The predicted molar refractivity (Wildman–Crippen MR) is 64.4 cm³/mol. The number of nitrogens with one attached hydrogen (secondary N) is 1. The van der Waals surface area contributed by atoms with Crippen molar-refractivity contribution in [3.63, 3.8) is 0 Å². The fourth-order valence-corrected chi connectivity index (χ4v) is 1.26. The molecule has 0 aliphatic heterocycles. The van der Waals surface area contributed by atoms with Gasteiger partial charge in [-0.25, -0.2) is 0 Å². The van der Waals surface area contributed by atoms with E-state index in [-0.39, 0.29) is 0 Å². The third kappa shape index (κ3) is 2.36. The SMILES string of the molecule is C=C/C=C(\C=C)c1cccc(NC)c1. The maximum absolute atomic E-state index is 3.78. The molecular weight excluding hydrogens is 170 g/mol. The summed E-state index contributed by atoms with van der Waals surface area (Å²) in [7, 11) is 1.91. The van der Waals surface area contributed by atoms with Gasteiger partial charge in [-0.3, -0.25) is 0 Å². The molecule has 0 amide bonds. The van der Waals surface area contributed by atoms with Gasteiger partial charge in [0.15, 0.2) is 0 Å². The van der Waals surface area contributed by atoms with Crippen LogP contribution in [-0.4, -0.2) is 7.05 Å². The lowest BCUT2D eigenvalue weighted by Crippen LogP contribution is -1.89. The van der Waals surface area contributed by atoms with Crippen LogP contribution in [0.5, 0.6) is 0 Å². The minimum absolute atomic E-state index is 1.08. The van der Waals surface area contributed by atoms with E-state index < -0.39 is 0 Å². The molecule has 0 atom stereocenters. The first-order valence-corrected chi connectivity index (χ1v) is 4.55. The Morgan fingerprint density at radius 1 is 1.36 bits per heavy atom. The molecule has 1 aromatic carbocycles. The molecule has 1 heteroatoms. The first-order valence-electron chi connectivity index (χ1n) is 4.55. The Morgan fingerprint density at radius 3 is 2.71 bits per heavy atom. The molecule has 0 unspecified atom stereocenters. The molecule has 0 heterocycles. The lowest BCUT2D eigenvalue weighted by atomic mass is 10.1. The summed E-state index contributed by atoms with van der Waals surface area (Å²) in [6.07, 6.45) is 5.54. The summed E-state index contributed by atoms with van der Waals surface area (Å²) >= 11 is 0. The normalized spacial score (nSPS) is 10.8. The molecule has 1 aromatic rings. The number of rotatable bonds is 4. The number of hydrogen-bond acceptors (Lipinski definition) is 1. The van der Waals surface area contributed by atoms with Gasteiger partial charge in [-0.05, 0) is 23.3 Å². The van der Waals surface area contributed by atoms with E-state index in [0.29, 0.717) is 0 Å². The fourth-order valence-electron chi connectivity index (χ4n) is 1.26. The highest BCUT2D eigenvalue weighted by molar-refractivity contribution is 5.76. The van der Waals surface area contributed by atoms with E-state index in [1.165, 1.54) is 0 Å². The van der Waals surface area contributed by atoms with Gasteiger partial charge in [0.25, 0.3) is 0 Å². The van der Waals surface area contributed by atoms with E-state index in [4.69, 9.17) is 0 Å². The molecule has 72 valence electrons. The van der Waals surface area contributed by atoms with Gasteiger partial charge in [0, 0.05) is 12.7 Å². The van der Waals surface area contributed by atoms with E-state index in [1.807, 2.05) is 31.3 Å². The zero-order chi connectivity index (χ0) is 10.4. The van der Waals surface area contributed by atoms with E-state index in [9.17, 15) is 0 Å². The Balaban J connectivity index is 3.10. The van der Waals surface area contributed by atoms with Crippen LogP contribution in [0.1, 0.15) is 5.56 Å². The average Bonchev–Trinajstić information content (AvgIpc) is 2.26. The largest absolute Gasteiger partial charge is 0.388 e. The summed E-state index contributed by atoms with van der Waals surface area (Å²) in [6, 6.07) is 8.18. The second kappa shape index (κ2) is 5.07. The highest BCUT2D eigenvalue weighted by Crippen LogP contribution is 2.19. The Kier molecular flexibility index (Phi) is 3.74. The van der Waals surface area contributed by atoms with E-state index in [1.54, 1.807) is 6.08 Å². The van der Waals surface area contributed by atoms with E-state index in [0.717, 1.165) is 16.8 Å². The quantitative estimate of drug-likeness (QED) is 0.708. The molecule has 0 radical (unpaired) electrons. The van der Waals surface area contributed by atoms with Crippen LogP contribution in [0.25, 0.3) is 5.57 Å². The summed E-state index contributed by atoms with van der Waals surface area (Å²) in [6.45, 7) is 7.45. The van der Waals surface area contributed by atoms with Crippen molar-refractivity contribution < 1.29 is 0 Å². The monoisotopic (exact) mass is 185 g/mol. The minimum atomic E-state index is 1.08. The molecule has 0 saturated heterocycles. The predicted octanol–water partition coefficient (Wildman–Crippen LogP) is 3.48. The maximum Gasteiger partial charge on any atom is 0.0343 e. The Labute approximate surface area is 85.5 Å². The third-order valence-corrected chi connectivity index (χ3v) is 2.00. The van der Waals surface area contributed by atoms with Crippen molar-refractivity contribution in [2.24, 2.45) is 0 Å². The molecule has 1 rings (SSSR count). The van der Waals surface area contributed by atoms with Gasteiger partial charge in [-0.15, -0.1) is 0 Å². The van der Waals surface area contributed by atoms with Crippen LogP contribution in [-0.2, 0) is 0 Å². The van der Waals surface area contributed by atoms with Crippen molar-refractivity contribution in [1.82, 2.24) is 0 Å². The van der Waals surface area contributed by atoms with Gasteiger partial charge in [-0.2, -0.15) is 0 Å². The topological polar surface area (TPSA) is 12.0 Å². The molecule has 0 saturated carbocycles. The van der Waals surface area contributed by atoms with Crippen LogP contribution in [0.3, 0.4) is 0 Å². The summed E-state index contributed by atoms with van der Waals surface area (Å²) in [5, 5.41) is 3.10. The number of allylic oxidation sites excluding steroid dienone is 4. The van der Waals surface area contributed by atoms with Crippen LogP contribution in [0.4, 0.5) is 5.69 Å². The van der Waals surface area contributed by atoms with Crippen LogP contribution in [0, 0.1) is 0 Å². The minimum Gasteiger partial charge on any atom is -0.388 e. The number of benzene rings is 1. The van der Waals surface area contributed by atoms with Crippen molar-refractivity contribution in [3.05, 3.63) is 61.2 Å². The van der Waals surface area contributed by atoms with Crippen molar-refractivity contribution in [3.8, 4) is 0 Å². The molecule has 0 spiro atoms. The highest BCUT2D eigenvalue weighted by Gasteiger charge is 1.96. The Morgan fingerprint density at radius 2 is 2.14 bits per heavy atom. The van der Waals surface area contributed by atoms with Gasteiger partial charge < -0.3 is 5.32 Å². The van der Waals surface area contributed by atoms with Gasteiger partial charge in [0.05, 0.1) is 0 Å². The first kappa shape index (κ1) is 10.3. The van der Waals surface area contributed by atoms with Gasteiger partial charge in [0.1, 0.15) is 0 Å². The molecule has 1 N–H and O–H groups in total. The standard InChI is InChI=1S/C13H15N/c1-4-7-11(5-2)12-8-6-9-13(10-12)14-3/h4-10,14H,1-2H2,3H3/b11-7+. The smallest absolute Gasteiger partial charge is 0.0343 e. The fraction of sp³-hybridized carbons (Fsp3) is 0.0769. The van der Waals surface area contributed by atoms with Crippen LogP contribution in [0.2, 0.25) is 0 Å². The Bertz CT molecular complexity index is 361. The van der Waals surface area contributed by atoms with Crippen LogP contribution >= 0.6 is 0 Å². The molecule has 14 heavy (non-hydrogen) atoms. The van der Waals surface area contributed by atoms with Crippen molar-refractivity contribution in [2.75, 3.05) is 12.4 Å². The lowest BCUT2D eigenvalue weighted by molar-refractivity contribution is 1.49. The molecule has 0 aliphatic carbocycles. The summed E-state index contributed by atoms with van der Waals surface area (Å²) in [5.74, 6) is 0. The molecule has 0 fully saturated rings. The lowest BCUT2D eigenvalue weighted by Gasteiger charge is -2.04. The molecule has 0 aliphatic rings. The summed E-state index contributed by atoms with van der Waals surface area (Å²) < 4.78 is 0. The average molecular weight is 185 g/mol. The summed E-state index contributed by atoms with van der Waals surface area (Å²) in [5.41, 5.74) is 3.32. The molecule has 1 nitrogen and oxygen atoms in total. The van der Waals surface area contributed by atoms with Crippen molar-refractivity contribution in [2.45, 2.75) is 0 Å². The van der Waals surface area contributed by atoms with Gasteiger partial charge >= 0.3 is 0 Å². The van der Waals surface area contributed by atoms with Crippen molar-refractivity contribution >= 4 is 11.3 Å². The highest BCUT2D eigenvalue weighted by atomic mass is 14.8. The molecule has 0 bridgehead atoms. The van der Waals surface area contributed by atoms with E-state index in [2.05, 4.69) is 30.6 Å². The van der Waals surface area contributed by atoms with Gasteiger partial charge in [-0.1, -0.05) is 43.5 Å². The van der Waals surface area contributed by atoms with Crippen LogP contribution < -0.4 is 5.32 Å². The zero-order valence-corrected chi connectivity index (χ0v) is 8.46. The van der Waals surface area contributed by atoms with Gasteiger partial charge in [0.2, 0.25) is 0 Å². The van der Waals surface area contributed by atoms with Crippen molar-refractivity contribution in [1.29, 1.82) is 0 Å².